The minimum Gasteiger partial charge on any atom is -0.311 e. The molecule has 1 aliphatic heterocycles. The second-order valence-electron chi connectivity index (χ2n) is 6.83. The van der Waals surface area contributed by atoms with Crippen LogP contribution in [-0.4, -0.2) is 20.7 Å². The van der Waals surface area contributed by atoms with E-state index in [1.807, 2.05) is 12.1 Å². The molecule has 138 valence electrons. The molecule has 0 saturated carbocycles. The number of aromatic nitrogens is 3. The molecule has 0 bridgehead atoms. The fraction of sp³-hybridized carbons (Fsp3) is 0.286. The Balaban J connectivity index is 1.88. The monoisotopic (exact) mass is 364 g/mol. The van der Waals surface area contributed by atoms with E-state index >= 15 is 0 Å². The highest BCUT2D eigenvalue weighted by molar-refractivity contribution is 5.89. The minimum absolute atomic E-state index is 0.162. The first-order valence-corrected chi connectivity index (χ1v) is 9.18. The number of carbonyl (C=O) groups excluding carboxylic acids is 1. The zero-order valence-electron chi connectivity index (χ0n) is 15.4. The van der Waals surface area contributed by atoms with Gasteiger partial charge in [0.15, 0.2) is 0 Å². The summed E-state index contributed by atoms with van der Waals surface area (Å²) in [5, 5.41) is 7.63. The number of hydrogen-bond donors (Lipinski definition) is 1. The van der Waals surface area contributed by atoms with Crippen LogP contribution in [0.4, 0.5) is 10.2 Å². The van der Waals surface area contributed by atoms with Gasteiger partial charge in [0.2, 0.25) is 5.91 Å². The predicted octanol–water partition coefficient (Wildman–Crippen LogP) is 4.61. The largest absolute Gasteiger partial charge is 0.311 e. The van der Waals surface area contributed by atoms with Gasteiger partial charge in [0.1, 0.15) is 17.3 Å². The van der Waals surface area contributed by atoms with Crippen molar-refractivity contribution in [3.8, 4) is 22.4 Å². The van der Waals surface area contributed by atoms with Crippen molar-refractivity contribution in [1.82, 2.24) is 14.8 Å². The Morgan fingerprint density at radius 1 is 1.26 bits per heavy atom. The van der Waals surface area contributed by atoms with Crippen molar-refractivity contribution in [2.24, 2.45) is 0 Å². The molecule has 0 fully saturated rings. The Bertz CT molecular complexity index is 994. The molecule has 3 aromatic rings. The maximum absolute atomic E-state index is 13.4. The van der Waals surface area contributed by atoms with E-state index in [2.05, 4.69) is 21.9 Å². The number of nitrogens with zero attached hydrogens (tertiary/aromatic N) is 3. The van der Waals surface area contributed by atoms with E-state index in [1.54, 1.807) is 18.3 Å². The Kier molecular flexibility index (Phi) is 4.48. The number of pyridine rings is 1. The first kappa shape index (κ1) is 17.4. The van der Waals surface area contributed by atoms with Crippen LogP contribution in [0.5, 0.6) is 0 Å². The van der Waals surface area contributed by atoms with Crippen LogP contribution in [0.2, 0.25) is 0 Å². The van der Waals surface area contributed by atoms with E-state index in [0.717, 1.165) is 41.6 Å². The average molecular weight is 364 g/mol. The molecule has 1 amide bonds. The quantitative estimate of drug-likeness (QED) is 0.736. The molecule has 1 aliphatic rings. The molecule has 2 aromatic heterocycles. The van der Waals surface area contributed by atoms with Gasteiger partial charge in [-0.2, -0.15) is 5.10 Å². The van der Waals surface area contributed by atoms with Crippen molar-refractivity contribution >= 4 is 11.7 Å². The number of fused-ring (bicyclic) bond motifs is 1. The molecule has 4 rings (SSSR count). The van der Waals surface area contributed by atoms with Gasteiger partial charge in [0.25, 0.3) is 0 Å². The Labute approximate surface area is 157 Å². The zero-order valence-corrected chi connectivity index (χ0v) is 15.4. The smallest absolute Gasteiger partial charge is 0.222 e. The maximum Gasteiger partial charge on any atom is 0.222 e. The summed E-state index contributed by atoms with van der Waals surface area (Å²) in [4.78, 5) is 15.6. The van der Waals surface area contributed by atoms with Gasteiger partial charge >= 0.3 is 0 Å². The van der Waals surface area contributed by atoms with Gasteiger partial charge in [-0.3, -0.25) is 9.48 Å². The topological polar surface area (TPSA) is 59.8 Å². The SMILES string of the molecule is CCC1CCc2c(-c3ccnc(NC(C)=O)c3)c(-c3ccc(F)cc3)nn21. The van der Waals surface area contributed by atoms with Gasteiger partial charge in [0, 0.05) is 29.9 Å². The Hall–Kier alpha value is -3.02. The molecule has 27 heavy (non-hydrogen) atoms. The molecule has 1 N–H and O–H groups in total. The highest BCUT2D eigenvalue weighted by Crippen LogP contribution is 2.41. The normalized spacial score (nSPS) is 15.6. The number of halogens is 1. The molecule has 1 aromatic carbocycles. The third kappa shape index (κ3) is 3.23. The summed E-state index contributed by atoms with van der Waals surface area (Å²) >= 11 is 0. The highest BCUT2D eigenvalue weighted by Gasteiger charge is 2.29. The molecule has 1 unspecified atom stereocenters. The zero-order chi connectivity index (χ0) is 19.0. The van der Waals surface area contributed by atoms with Gasteiger partial charge in [-0.15, -0.1) is 0 Å². The summed E-state index contributed by atoms with van der Waals surface area (Å²) in [6.07, 6.45) is 4.72. The summed E-state index contributed by atoms with van der Waals surface area (Å²) in [5.74, 6) is 0.0788. The number of hydrogen-bond acceptors (Lipinski definition) is 3. The van der Waals surface area contributed by atoms with Crippen LogP contribution < -0.4 is 5.32 Å². The van der Waals surface area contributed by atoms with E-state index < -0.39 is 0 Å². The number of benzene rings is 1. The minimum atomic E-state index is -0.268. The lowest BCUT2D eigenvalue weighted by Crippen LogP contribution is -2.07. The van der Waals surface area contributed by atoms with Crippen LogP contribution >= 0.6 is 0 Å². The van der Waals surface area contributed by atoms with E-state index in [1.165, 1.54) is 24.8 Å². The van der Waals surface area contributed by atoms with Gasteiger partial charge in [0.05, 0.1) is 6.04 Å². The lowest BCUT2D eigenvalue weighted by Gasteiger charge is -2.08. The van der Waals surface area contributed by atoms with Gasteiger partial charge < -0.3 is 5.32 Å². The van der Waals surface area contributed by atoms with Crippen LogP contribution in [0.25, 0.3) is 22.4 Å². The predicted molar refractivity (Wildman–Crippen MR) is 103 cm³/mol. The highest BCUT2D eigenvalue weighted by atomic mass is 19.1. The van der Waals surface area contributed by atoms with Crippen LogP contribution in [0, 0.1) is 5.82 Å². The lowest BCUT2D eigenvalue weighted by molar-refractivity contribution is -0.114. The second-order valence-corrected chi connectivity index (χ2v) is 6.83. The van der Waals surface area contributed by atoms with Crippen LogP contribution in [0.15, 0.2) is 42.6 Å². The molecule has 5 nitrogen and oxygen atoms in total. The first-order chi connectivity index (χ1) is 13.1. The maximum atomic E-state index is 13.4. The summed E-state index contributed by atoms with van der Waals surface area (Å²) in [6, 6.07) is 10.6. The van der Waals surface area contributed by atoms with E-state index in [0.29, 0.717) is 11.9 Å². The molecule has 1 atom stereocenters. The molecule has 0 spiro atoms. The van der Waals surface area contributed by atoms with Crippen LogP contribution in [0.1, 0.15) is 38.4 Å². The summed E-state index contributed by atoms with van der Waals surface area (Å²) < 4.78 is 15.5. The standard InChI is InChI=1S/C21H21FN4O/c1-3-17-8-9-18-20(15-10-11-23-19(12-15)24-13(2)27)21(25-26(17)18)14-4-6-16(22)7-5-14/h4-7,10-12,17H,3,8-9H2,1-2H3,(H,23,24,27). The number of rotatable bonds is 4. The van der Waals surface area contributed by atoms with E-state index in [4.69, 9.17) is 5.10 Å². The molecule has 0 saturated heterocycles. The number of nitrogens with one attached hydrogen (secondary N) is 1. The third-order valence-electron chi connectivity index (χ3n) is 5.01. The second kappa shape index (κ2) is 6.95. The average Bonchev–Trinajstić information content (AvgIpc) is 3.20. The Morgan fingerprint density at radius 2 is 2.04 bits per heavy atom. The fourth-order valence-electron chi connectivity index (χ4n) is 3.76. The molecule has 0 radical (unpaired) electrons. The summed E-state index contributed by atoms with van der Waals surface area (Å²) in [5.41, 5.74) is 4.88. The number of carbonyl (C=O) groups is 1. The van der Waals surface area contributed by atoms with Gasteiger partial charge in [-0.05, 0) is 61.2 Å². The van der Waals surface area contributed by atoms with Crippen molar-refractivity contribution in [3.05, 3.63) is 54.1 Å². The lowest BCUT2D eigenvalue weighted by atomic mass is 9.98. The number of anilines is 1. The first-order valence-electron chi connectivity index (χ1n) is 9.18. The summed E-state index contributed by atoms with van der Waals surface area (Å²) in [7, 11) is 0. The van der Waals surface area contributed by atoms with Crippen LogP contribution in [-0.2, 0) is 11.2 Å². The Morgan fingerprint density at radius 3 is 2.74 bits per heavy atom. The molecular formula is C21H21FN4O. The van der Waals surface area contributed by atoms with Crippen molar-refractivity contribution in [3.63, 3.8) is 0 Å². The van der Waals surface area contributed by atoms with Crippen molar-refractivity contribution < 1.29 is 9.18 Å². The fourth-order valence-corrected chi connectivity index (χ4v) is 3.76. The van der Waals surface area contributed by atoms with Gasteiger partial charge in [-0.25, -0.2) is 9.37 Å². The molecule has 0 aliphatic carbocycles. The van der Waals surface area contributed by atoms with E-state index in [-0.39, 0.29) is 11.7 Å². The van der Waals surface area contributed by atoms with Crippen LogP contribution in [0.3, 0.4) is 0 Å². The molecule has 3 heterocycles. The van der Waals surface area contributed by atoms with Crippen molar-refractivity contribution in [1.29, 1.82) is 0 Å². The van der Waals surface area contributed by atoms with Crippen molar-refractivity contribution in [2.45, 2.75) is 39.2 Å². The summed E-state index contributed by atoms with van der Waals surface area (Å²) in [6.45, 7) is 3.63. The molecular weight excluding hydrogens is 343 g/mol. The molecule has 6 heteroatoms. The van der Waals surface area contributed by atoms with Gasteiger partial charge in [-0.1, -0.05) is 6.92 Å². The van der Waals surface area contributed by atoms with Crippen molar-refractivity contribution in [2.75, 3.05) is 5.32 Å². The third-order valence-corrected chi connectivity index (χ3v) is 5.01. The van der Waals surface area contributed by atoms with E-state index in [9.17, 15) is 9.18 Å². The number of amides is 1.